The third-order valence-corrected chi connectivity index (χ3v) is 6.72. The van der Waals surface area contributed by atoms with Gasteiger partial charge in [-0.2, -0.15) is 4.80 Å². The fourth-order valence-electron chi connectivity index (χ4n) is 4.84. The Bertz CT molecular complexity index is 1250. The third kappa shape index (κ3) is 5.34. The Kier molecular flexibility index (Phi) is 6.39. The van der Waals surface area contributed by atoms with Crippen LogP contribution in [0.4, 0.5) is 14.5 Å². The Morgan fingerprint density at radius 2 is 2.00 bits per heavy atom. The smallest absolute Gasteiger partial charge is 0.303 e. The van der Waals surface area contributed by atoms with Crippen LogP contribution in [0.15, 0.2) is 12.1 Å². The van der Waals surface area contributed by atoms with E-state index in [2.05, 4.69) is 25.7 Å². The lowest BCUT2D eigenvalue weighted by atomic mass is 9.91. The van der Waals surface area contributed by atoms with Gasteiger partial charge >= 0.3 is 5.97 Å². The molecular weight excluding hydrogens is 472 g/mol. The molecule has 2 aliphatic rings. The summed E-state index contributed by atoms with van der Waals surface area (Å²) in [5, 5.41) is 30.4. The van der Waals surface area contributed by atoms with Crippen LogP contribution in [0.1, 0.15) is 49.8 Å². The minimum Gasteiger partial charge on any atom is -0.481 e. The molecular formula is C23H29F2N9O2. The Morgan fingerprint density at radius 1 is 1.19 bits per heavy atom. The molecule has 4 heterocycles. The third-order valence-electron chi connectivity index (χ3n) is 6.72. The van der Waals surface area contributed by atoms with Gasteiger partial charge in [0.25, 0.3) is 5.92 Å². The number of piperidine rings is 1. The van der Waals surface area contributed by atoms with Crippen molar-refractivity contribution < 1.29 is 18.7 Å². The first-order valence-electron chi connectivity index (χ1n) is 12.2. The maximum absolute atomic E-state index is 14.5. The fourth-order valence-corrected chi connectivity index (χ4v) is 4.84. The maximum atomic E-state index is 14.5. The van der Waals surface area contributed by atoms with Crippen molar-refractivity contribution in [2.45, 2.75) is 57.9 Å². The van der Waals surface area contributed by atoms with Crippen molar-refractivity contribution in [3.05, 3.63) is 29.3 Å². The highest BCUT2D eigenvalue weighted by atomic mass is 19.3. The Morgan fingerprint density at radius 3 is 2.72 bits per heavy atom. The summed E-state index contributed by atoms with van der Waals surface area (Å²) in [4.78, 5) is 19.0. The van der Waals surface area contributed by atoms with Crippen LogP contribution >= 0.6 is 0 Å². The highest BCUT2D eigenvalue weighted by Crippen LogP contribution is 2.36. The number of hydrogen-bond acceptors (Lipinski definition) is 8. The van der Waals surface area contributed by atoms with E-state index in [1.165, 1.54) is 17.6 Å². The summed E-state index contributed by atoms with van der Waals surface area (Å²) >= 11 is 0. The molecule has 0 aromatic carbocycles. The first kappa shape index (κ1) is 24.2. The molecule has 0 spiro atoms. The molecule has 1 saturated carbocycles. The van der Waals surface area contributed by atoms with Crippen molar-refractivity contribution in [1.29, 1.82) is 0 Å². The number of nitrogens with zero attached hydrogens (tertiary/aromatic N) is 9. The molecule has 1 N–H and O–H groups in total. The largest absolute Gasteiger partial charge is 0.481 e. The van der Waals surface area contributed by atoms with Gasteiger partial charge in [-0.25, -0.2) is 18.4 Å². The van der Waals surface area contributed by atoms with Crippen molar-refractivity contribution >= 4 is 11.7 Å². The van der Waals surface area contributed by atoms with Gasteiger partial charge in [-0.3, -0.25) is 4.79 Å². The van der Waals surface area contributed by atoms with Gasteiger partial charge in [0, 0.05) is 26.4 Å². The van der Waals surface area contributed by atoms with Gasteiger partial charge in [-0.05, 0) is 48.4 Å². The fraction of sp³-hybridized carbons (Fsp3) is 0.609. The predicted molar refractivity (Wildman–Crippen MR) is 124 cm³/mol. The van der Waals surface area contributed by atoms with Gasteiger partial charge < -0.3 is 10.0 Å². The van der Waals surface area contributed by atoms with Crippen LogP contribution in [-0.4, -0.2) is 70.3 Å². The molecule has 36 heavy (non-hydrogen) atoms. The second-order valence-electron chi connectivity index (χ2n) is 9.81. The molecule has 1 aliphatic carbocycles. The van der Waals surface area contributed by atoms with Gasteiger partial charge in [0.2, 0.25) is 0 Å². The molecule has 0 radical (unpaired) electrons. The second kappa shape index (κ2) is 9.51. The van der Waals surface area contributed by atoms with Gasteiger partial charge in [0.15, 0.2) is 5.82 Å². The van der Waals surface area contributed by atoms with Crippen LogP contribution in [0, 0.1) is 11.8 Å². The Labute approximate surface area is 206 Å². The summed E-state index contributed by atoms with van der Waals surface area (Å²) in [6.45, 7) is 2.00. The van der Waals surface area contributed by atoms with Crippen LogP contribution in [-0.2, 0) is 31.2 Å². The molecule has 0 unspecified atom stereocenters. The van der Waals surface area contributed by atoms with E-state index in [9.17, 15) is 13.6 Å². The first-order chi connectivity index (χ1) is 17.2. The second-order valence-corrected chi connectivity index (χ2v) is 9.81. The zero-order valence-corrected chi connectivity index (χ0v) is 20.3. The zero-order chi connectivity index (χ0) is 25.4. The van der Waals surface area contributed by atoms with E-state index < -0.39 is 30.8 Å². The molecule has 0 bridgehead atoms. The Balaban J connectivity index is 1.40. The SMILES string of the molecule is CCc1nc(-c2nnn(C)c2Cn2nnc(CC3CC3)n2)ccc1N1C[C@@H](CC(=O)O)CC(F)(F)C1. The lowest BCUT2D eigenvalue weighted by Gasteiger charge is -2.39. The maximum Gasteiger partial charge on any atom is 0.303 e. The van der Waals surface area contributed by atoms with E-state index >= 15 is 0 Å². The average molecular weight is 502 g/mol. The standard InChI is InChI=1S/C23H29F2N9O2/c1-3-16-18(33-11-15(9-21(35)36)10-23(24,25)13-33)7-6-17(26-16)22-19(32(2)30-28-22)12-34-29-20(27-31-34)8-14-4-5-14/h6-7,14-15H,3-5,8-13H2,1-2H3,(H,35,36)/t15-/m0/s1. The van der Waals surface area contributed by atoms with Gasteiger partial charge in [-0.1, -0.05) is 12.1 Å². The van der Waals surface area contributed by atoms with Crippen LogP contribution in [0.25, 0.3) is 11.4 Å². The van der Waals surface area contributed by atoms with E-state index in [0.717, 1.165) is 17.9 Å². The van der Waals surface area contributed by atoms with Crippen LogP contribution in [0.5, 0.6) is 0 Å². The summed E-state index contributed by atoms with van der Waals surface area (Å²) in [5.74, 6) is -3.29. The molecule has 1 atom stereocenters. The number of pyridine rings is 1. The molecule has 11 nitrogen and oxygen atoms in total. The average Bonchev–Trinajstić information content (AvgIpc) is 3.40. The predicted octanol–water partition coefficient (Wildman–Crippen LogP) is 2.36. The van der Waals surface area contributed by atoms with Gasteiger partial charge in [0.05, 0.1) is 35.7 Å². The quantitative estimate of drug-likeness (QED) is 0.470. The molecule has 1 aliphatic heterocycles. The van der Waals surface area contributed by atoms with Crippen molar-refractivity contribution in [2.24, 2.45) is 18.9 Å². The molecule has 192 valence electrons. The number of aromatic nitrogens is 8. The number of carbonyl (C=O) groups is 1. The Hall–Kier alpha value is -3.51. The van der Waals surface area contributed by atoms with Gasteiger partial charge in [0.1, 0.15) is 12.2 Å². The minimum atomic E-state index is -2.97. The molecule has 13 heteroatoms. The zero-order valence-electron chi connectivity index (χ0n) is 20.3. The van der Waals surface area contributed by atoms with Crippen molar-refractivity contribution in [2.75, 3.05) is 18.0 Å². The van der Waals surface area contributed by atoms with Crippen molar-refractivity contribution in [1.82, 2.24) is 40.2 Å². The topological polar surface area (TPSA) is 128 Å². The van der Waals surface area contributed by atoms with E-state index in [4.69, 9.17) is 10.1 Å². The number of aliphatic carboxylic acids is 1. The van der Waals surface area contributed by atoms with E-state index in [-0.39, 0.29) is 13.0 Å². The molecule has 3 aromatic rings. The van der Waals surface area contributed by atoms with E-state index in [1.807, 2.05) is 6.92 Å². The number of halogens is 2. The van der Waals surface area contributed by atoms with Crippen molar-refractivity contribution in [3.8, 4) is 11.4 Å². The first-order valence-corrected chi connectivity index (χ1v) is 12.2. The van der Waals surface area contributed by atoms with E-state index in [0.29, 0.717) is 41.7 Å². The van der Waals surface area contributed by atoms with Crippen LogP contribution in [0.2, 0.25) is 0 Å². The number of anilines is 1. The summed E-state index contributed by atoms with van der Waals surface area (Å²) in [6, 6.07) is 3.51. The molecule has 3 aromatic heterocycles. The number of hydrogen-bond donors (Lipinski definition) is 1. The number of aryl methyl sites for hydroxylation is 2. The highest BCUT2D eigenvalue weighted by Gasteiger charge is 2.41. The number of carboxylic acid groups (broad SMARTS) is 1. The minimum absolute atomic E-state index is 0.244. The number of carboxylic acids is 1. The lowest BCUT2D eigenvalue weighted by Crippen LogP contribution is -2.48. The lowest BCUT2D eigenvalue weighted by molar-refractivity contribution is -0.139. The molecule has 0 amide bonds. The number of tetrazole rings is 1. The normalized spacial score (nSPS) is 19.6. The summed E-state index contributed by atoms with van der Waals surface area (Å²) < 4.78 is 30.6. The summed E-state index contributed by atoms with van der Waals surface area (Å²) in [6.07, 6.45) is 3.05. The number of alkyl halides is 2. The van der Waals surface area contributed by atoms with Gasteiger partial charge in [-0.15, -0.1) is 15.3 Å². The summed E-state index contributed by atoms with van der Waals surface area (Å²) in [7, 11) is 1.78. The van der Waals surface area contributed by atoms with Crippen molar-refractivity contribution in [3.63, 3.8) is 0 Å². The van der Waals surface area contributed by atoms with E-state index in [1.54, 1.807) is 28.8 Å². The monoisotopic (exact) mass is 501 g/mol. The molecule has 1 saturated heterocycles. The molecule has 2 fully saturated rings. The molecule has 5 rings (SSSR count). The highest BCUT2D eigenvalue weighted by molar-refractivity contribution is 5.67. The van der Waals surface area contributed by atoms with Crippen LogP contribution in [0.3, 0.4) is 0 Å². The summed E-state index contributed by atoms with van der Waals surface area (Å²) in [5.41, 5.74) is 3.11. The van der Waals surface area contributed by atoms with Crippen LogP contribution < -0.4 is 4.90 Å². The number of rotatable bonds is 9.